The second kappa shape index (κ2) is 50.1. The number of quaternary nitrogens is 1. The fourth-order valence-corrected chi connectivity index (χ4v) is 7.25. The first-order chi connectivity index (χ1) is 34.0. The fraction of sp³-hybridized carbons (Fsp3) is 0.557. The molecule has 0 spiro atoms. The number of phosphoric ester groups is 1. The van der Waals surface area contributed by atoms with Crippen LogP contribution in [-0.4, -0.2) is 73.4 Å². The lowest BCUT2D eigenvalue weighted by molar-refractivity contribution is -0.870. The van der Waals surface area contributed by atoms with E-state index < -0.39 is 20.0 Å². The summed E-state index contributed by atoms with van der Waals surface area (Å²) in [6, 6.07) is -0.895. The van der Waals surface area contributed by atoms with E-state index in [1.807, 2.05) is 27.2 Å². The Bertz CT molecular complexity index is 1690. The highest BCUT2D eigenvalue weighted by Crippen LogP contribution is 2.43. The van der Waals surface area contributed by atoms with Crippen LogP contribution in [-0.2, 0) is 18.4 Å². The van der Waals surface area contributed by atoms with Gasteiger partial charge >= 0.3 is 7.82 Å². The highest BCUT2D eigenvalue weighted by molar-refractivity contribution is 7.47. The summed E-state index contributed by atoms with van der Waals surface area (Å²) in [5.74, 6) is -0.225. The molecule has 0 aromatic heterocycles. The van der Waals surface area contributed by atoms with Crippen LogP contribution in [0.4, 0.5) is 0 Å². The van der Waals surface area contributed by atoms with E-state index >= 15 is 0 Å². The largest absolute Gasteiger partial charge is 0.472 e. The minimum absolute atomic E-state index is 0.0387. The van der Waals surface area contributed by atoms with Crippen molar-refractivity contribution in [1.29, 1.82) is 0 Å². The number of carbonyl (C=O) groups excluding carboxylic acids is 1. The molecule has 0 aliphatic heterocycles. The van der Waals surface area contributed by atoms with Crippen molar-refractivity contribution >= 4 is 13.7 Å². The lowest BCUT2D eigenvalue weighted by atomic mass is 10.1. The molecule has 0 fully saturated rings. The Labute approximate surface area is 429 Å². The van der Waals surface area contributed by atoms with Crippen molar-refractivity contribution in [2.24, 2.45) is 0 Å². The molecule has 0 aliphatic carbocycles. The Hall–Kier alpha value is -3.88. The molecule has 394 valence electrons. The summed E-state index contributed by atoms with van der Waals surface area (Å²) in [6.07, 6.45) is 79.1. The van der Waals surface area contributed by atoms with Crippen LogP contribution in [0.3, 0.4) is 0 Å². The maximum Gasteiger partial charge on any atom is 0.472 e. The molecule has 0 bridgehead atoms. The first-order valence-electron chi connectivity index (χ1n) is 26.9. The molecule has 3 N–H and O–H groups in total. The maximum atomic E-state index is 12.9. The number of carbonyl (C=O) groups is 1. The van der Waals surface area contributed by atoms with Crippen LogP contribution in [0.2, 0.25) is 0 Å². The van der Waals surface area contributed by atoms with Gasteiger partial charge < -0.3 is 19.8 Å². The monoisotopic (exact) mass is 988 g/mol. The van der Waals surface area contributed by atoms with Crippen molar-refractivity contribution in [3.05, 3.63) is 158 Å². The van der Waals surface area contributed by atoms with Crippen molar-refractivity contribution in [2.45, 2.75) is 180 Å². The van der Waals surface area contributed by atoms with E-state index in [0.717, 1.165) is 128 Å². The van der Waals surface area contributed by atoms with Gasteiger partial charge in [0.15, 0.2) is 0 Å². The van der Waals surface area contributed by atoms with Crippen LogP contribution < -0.4 is 5.32 Å². The minimum Gasteiger partial charge on any atom is -0.387 e. The average molecular weight is 988 g/mol. The third kappa shape index (κ3) is 52.0. The molecular formula is C61H100N2O6P+. The lowest BCUT2D eigenvalue weighted by Crippen LogP contribution is -2.45. The van der Waals surface area contributed by atoms with Crippen LogP contribution in [0.15, 0.2) is 158 Å². The quantitative estimate of drug-likeness (QED) is 0.0243. The summed E-state index contributed by atoms with van der Waals surface area (Å²) >= 11 is 0. The zero-order valence-corrected chi connectivity index (χ0v) is 45.6. The van der Waals surface area contributed by atoms with Crippen molar-refractivity contribution in [1.82, 2.24) is 5.32 Å². The highest BCUT2D eigenvalue weighted by atomic mass is 31.2. The summed E-state index contributed by atoms with van der Waals surface area (Å²) in [4.78, 5) is 23.2. The molecule has 0 heterocycles. The maximum absolute atomic E-state index is 12.9. The van der Waals surface area contributed by atoms with Gasteiger partial charge in [-0.05, 0) is 122 Å². The molecule has 0 aromatic rings. The van der Waals surface area contributed by atoms with Crippen LogP contribution in [0, 0.1) is 0 Å². The van der Waals surface area contributed by atoms with Gasteiger partial charge in [-0.1, -0.05) is 198 Å². The van der Waals surface area contributed by atoms with Crippen LogP contribution in [0.5, 0.6) is 0 Å². The SMILES string of the molecule is CC/C=C\C/C=C\C/C=C\C/C=C\C/C=C\C/C=C\C/C=C\C/C=C\C/C=C\C/C=C\CCCCCCC(=O)NC(COP(=O)(O)OCC[N+](C)(C)C)C(O)/C=C/CC/C=C/CC/C=C/CCCCC. The van der Waals surface area contributed by atoms with E-state index in [1.54, 1.807) is 6.08 Å². The van der Waals surface area contributed by atoms with Gasteiger partial charge in [0.05, 0.1) is 39.9 Å². The standard InChI is InChI=1S/C61H99N2O6P/c1-6-8-10-12-14-16-18-20-21-22-23-24-25-26-27-28-29-30-31-32-33-34-35-36-37-38-39-40-41-43-45-47-49-51-53-55-61(65)62-59(58-69-70(66,67)68-57-56-63(3,4)5)60(64)54-52-50-48-46-44-42-19-17-15-13-11-9-7-2/h8,10,14-17,20-21,23-24,26-27,29-30,32-33,35-36,38-39,41,43-44,46,52,54,59-60,64H,6-7,9,11-13,18-19,22,25,28,31,34,37,40,42,45,47-51,53,55-58H2,1-5H3,(H-,62,65,66,67)/p+1/b10-8-,16-14-,17-15+,21-20-,24-23-,27-26-,30-29-,33-32-,36-35-,39-38-,43-41-,46-44+,54-52+. The number of nitrogens with zero attached hydrogens (tertiary/aromatic N) is 1. The van der Waals surface area contributed by atoms with Gasteiger partial charge in [-0.3, -0.25) is 13.8 Å². The van der Waals surface area contributed by atoms with E-state index in [9.17, 15) is 19.4 Å². The number of hydrogen-bond donors (Lipinski definition) is 3. The third-order valence-electron chi connectivity index (χ3n) is 10.7. The number of amides is 1. The molecule has 70 heavy (non-hydrogen) atoms. The second-order valence-electron chi connectivity index (χ2n) is 18.5. The number of allylic oxidation sites excluding steroid dienone is 25. The zero-order valence-electron chi connectivity index (χ0n) is 44.7. The number of rotatable bonds is 46. The molecule has 0 aliphatic rings. The first kappa shape index (κ1) is 66.1. The molecule has 0 saturated carbocycles. The average Bonchev–Trinajstić information content (AvgIpc) is 3.32. The van der Waals surface area contributed by atoms with E-state index in [-0.39, 0.29) is 19.1 Å². The van der Waals surface area contributed by atoms with E-state index in [2.05, 4.69) is 165 Å². The van der Waals surface area contributed by atoms with Crippen molar-refractivity contribution < 1.29 is 32.9 Å². The summed E-state index contributed by atoms with van der Waals surface area (Å²) < 4.78 is 23.6. The summed E-state index contributed by atoms with van der Waals surface area (Å²) in [6.45, 7) is 4.58. The van der Waals surface area contributed by atoms with Gasteiger partial charge in [-0.25, -0.2) is 4.57 Å². The van der Waals surface area contributed by atoms with Gasteiger partial charge in [0.1, 0.15) is 13.2 Å². The zero-order chi connectivity index (χ0) is 51.3. The molecule has 0 radical (unpaired) electrons. The van der Waals surface area contributed by atoms with Crippen molar-refractivity contribution in [3.8, 4) is 0 Å². The van der Waals surface area contributed by atoms with Gasteiger partial charge in [-0.15, -0.1) is 0 Å². The van der Waals surface area contributed by atoms with E-state index in [4.69, 9.17) is 9.05 Å². The number of phosphoric acid groups is 1. The molecule has 0 saturated heterocycles. The second-order valence-corrected chi connectivity index (χ2v) is 19.9. The molecule has 8 nitrogen and oxygen atoms in total. The molecule has 1 amide bonds. The fourth-order valence-electron chi connectivity index (χ4n) is 6.51. The molecular weight excluding hydrogens is 888 g/mol. The summed E-state index contributed by atoms with van der Waals surface area (Å²) in [5, 5.41) is 13.8. The number of aliphatic hydroxyl groups excluding tert-OH is 1. The Morgan fingerprint density at radius 2 is 0.871 bits per heavy atom. The Kier molecular flexibility index (Phi) is 47.3. The number of aliphatic hydroxyl groups is 1. The first-order valence-corrected chi connectivity index (χ1v) is 28.4. The number of unbranched alkanes of at least 4 members (excludes halogenated alkanes) is 9. The topological polar surface area (TPSA) is 105 Å². The van der Waals surface area contributed by atoms with E-state index in [0.29, 0.717) is 17.4 Å². The summed E-state index contributed by atoms with van der Waals surface area (Å²) in [5.41, 5.74) is 0. The number of likely N-dealkylation sites (N-methyl/N-ethyl adjacent to an activating group) is 1. The molecule has 0 rings (SSSR count). The molecule has 9 heteroatoms. The molecule has 0 aromatic carbocycles. The Morgan fingerprint density at radius 1 is 0.500 bits per heavy atom. The molecule has 3 atom stereocenters. The number of nitrogens with one attached hydrogen (secondary N) is 1. The van der Waals surface area contributed by atoms with Crippen molar-refractivity contribution in [2.75, 3.05) is 40.9 Å². The van der Waals surface area contributed by atoms with Crippen LogP contribution >= 0.6 is 7.82 Å². The van der Waals surface area contributed by atoms with Crippen LogP contribution in [0.1, 0.15) is 168 Å². The normalized spacial score (nSPS) is 15.2. The predicted molar refractivity (Wildman–Crippen MR) is 304 cm³/mol. The van der Waals surface area contributed by atoms with Gasteiger partial charge in [-0.2, -0.15) is 0 Å². The Morgan fingerprint density at radius 3 is 1.30 bits per heavy atom. The minimum atomic E-state index is -4.37. The van der Waals surface area contributed by atoms with E-state index in [1.165, 1.54) is 19.3 Å². The third-order valence-corrected chi connectivity index (χ3v) is 11.7. The van der Waals surface area contributed by atoms with Crippen molar-refractivity contribution in [3.63, 3.8) is 0 Å². The molecule has 3 unspecified atom stereocenters. The Balaban J connectivity index is 4.31. The highest BCUT2D eigenvalue weighted by Gasteiger charge is 2.27. The van der Waals surface area contributed by atoms with Gasteiger partial charge in [0, 0.05) is 6.42 Å². The number of hydrogen-bond acceptors (Lipinski definition) is 5. The lowest BCUT2D eigenvalue weighted by Gasteiger charge is -2.25. The smallest absolute Gasteiger partial charge is 0.387 e. The van der Waals surface area contributed by atoms with Gasteiger partial charge in [0.25, 0.3) is 0 Å². The van der Waals surface area contributed by atoms with Crippen LogP contribution in [0.25, 0.3) is 0 Å². The summed E-state index contributed by atoms with van der Waals surface area (Å²) in [7, 11) is 1.50. The predicted octanol–water partition coefficient (Wildman–Crippen LogP) is 16.3. The van der Waals surface area contributed by atoms with Gasteiger partial charge in [0.2, 0.25) is 5.91 Å².